The Morgan fingerprint density at radius 3 is 2.62 bits per heavy atom. The van der Waals surface area contributed by atoms with Gasteiger partial charge in [-0.25, -0.2) is 4.98 Å². The number of hydrogen-bond acceptors (Lipinski definition) is 8. The molecule has 0 radical (unpaired) electrons. The van der Waals surface area contributed by atoms with E-state index in [9.17, 15) is 9.59 Å². The zero-order valence-corrected chi connectivity index (χ0v) is 20.1. The van der Waals surface area contributed by atoms with Gasteiger partial charge in [-0.05, 0) is 19.4 Å². The minimum atomic E-state index is -0.326. The van der Waals surface area contributed by atoms with Crippen molar-refractivity contribution in [1.29, 1.82) is 0 Å². The van der Waals surface area contributed by atoms with Crippen LogP contribution in [-0.2, 0) is 20.8 Å². The lowest BCUT2D eigenvalue weighted by molar-refractivity contribution is -0.139. The van der Waals surface area contributed by atoms with E-state index in [1.165, 1.54) is 7.11 Å². The predicted molar refractivity (Wildman–Crippen MR) is 131 cm³/mol. The first kappa shape index (κ1) is 25.2. The van der Waals surface area contributed by atoms with E-state index in [1.807, 2.05) is 44.2 Å². The van der Waals surface area contributed by atoms with Crippen LogP contribution >= 0.6 is 0 Å². The second-order valence-electron chi connectivity index (χ2n) is 8.25. The monoisotopic (exact) mass is 467 g/mol. The van der Waals surface area contributed by atoms with Gasteiger partial charge in [-0.15, -0.1) is 0 Å². The number of morpholine rings is 1. The van der Waals surface area contributed by atoms with Crippen LogP contribution in [0.1, 0.15) is 36.2 Å². The van der Waals surface area contributed by atoms with Gasteiger partial charge in [0.15, 0.2) is 0 Å². The molecule has 182 valence electrons. The molecule has 1 saturated heterocycles. The normalized spacial score (nSPS) is 13.8. The molecule has 0 atom stereocenters. The van der Waals surface area contributed by atoms with Crippen molar-refractivity contribution >= 4 is 23.6 Å². The third-order valence-electron chi connectivity index (χ3n) is 5.23. The van der Waals surface area contributed by atoms with Crippen molar-refractivity contribution in [2.45, 2.75) is 32.9 Å². The number of carbonyl (C=O) groups is 2. The van der Waals surface area contributed by atoms with Crippen molar-refractivity contribution in [3.05, 3.63) is 59.8 Å². The average molecular weight is 468 g/mol. The number of ether oxygens (including phenoxy) is 2. The Labute approximate surface area is 200 Å². The first-order chi connectivity index (χ1) is 16.5. The van der Waals surface area contributed by atoms with E-state index in [0.29, 0.717) is 56.7 Å². The van der Waals surface area contributed by atoms with Crippen molar-refractivity contribution in [3.63, 3.8) is 0 Å². The van der Waals surface area contributed by atoms with Crippen molar-refractivity contribution in [1.82, 2.24) is 14.9 Å². The maximum absolute atomic E-state index is 13.7. The van der Waals surface area contributed by atoms with E-state index in [1.54, 1.807) is 23.2 Å². The van der Waals surface area contributed by atoms with Gasteiger partial charge in [-0.2, -0.15) is 4.98 Å². The SMILES string of the molecule is COC(=O)C/C=C/CN(Cc1ccccc1)C(=O)c1cnc(N2CCOCC2)nc1NC(C)C. The lowest BCUT2D eigenvalue weighted by atomic mass is 10.1. The van der Waals surface area contributed by atoms with Gasteiger partial charge in [0.1, 0.15) is 11.4 Å². The van der Waals surface area contributed by atoms with Crippen LogP contribution in [-0.4, -0.2) is 72.7 Å². The second-order valence-corrected chi connectivity index (χ2v) is 8.25. The molecular formula is C25H33N5O4. The number of amides is 1. The summed E-state index contributed by atoms with van der Waals surface area (Å²) < 4.78 is 10.1. The average Bonchev–Trinajstić information content (AvgIpc) is 2.86. The Bertz CT molecular complexity index is 975. The summed E-state index contributed by atoms with van der Waals surface area (Å²) in [5.41, 5.74) is 1.41. The summed E-state index contributed by atoms with van der Waals surface area (Å²) >= 11 is 0. The highest BCUT2D eigenvalue weighted by atomic mass is 16.5. The number of nitrogens with one attached hydrogen (secondary N) is 1. The fraction of sp³-hybridized carbons (Fsp3) is 0.440. The molecule has 0 spiro atoms. The standard InChI is InChI=1S/C25H33N5O4/c1-19(2)27-23-21(17-26-25(28-23)29-13-15-34-16-14-29)24(32)30(12-8-7-11-22(31)33-3)18-20-9-5-4-6-10-20/h4-10,17,19H,11-16,18H2,1-3H3,(H,26,27,28)/b8-7+. The summed E-state index contributed by atoms with van der Waals surface area (Å²) in [6.45, 7) is 7.41. The zero-order valence-electron chi connectivity index (χ0n) is 20.1. The Hall–Kier alpha value is -3.46. The van der Waals surface area contributed by atoms with Crippen molar-refractivity contribution in [2.75, 3.05) is 50.2 Å². The third kappa shape index (κ3) is 7.28. The van der Waals surface area contributed by atoms with E-state index >= 15 is 0 Å². The Morgan fingerprint density at radius 2 is 1.94 bits per heavy atom. The van der Waals surface area contributed by atoms with E-state index in [4.69, 9.17) is 9.72 Å². The van der Waals surface area contributed by atoms with Gasteiger partial charge in [0.2, 0.25) is 5.95 Å². The highest BCUT2D eigenvalue weighted by Crippen LogP contribution is 2.21. The summed E-state index contributed by atoms with van der Waals surface area (Å²) in [6.07, 6.45) is 5.26. The topological polar surface area (TPSA) is 96.9 Å². The summed E-state index contributed by atoms with van der Waals surface area (Å²) in [5, 5.41) is 3.31. The largest absolute Gasteiger partial charge is 0.469 e. The molecule has 34 heavy (non-hydrogen) atoms. The summed E-state index contributed by atoms with van der Waals surface area (Å²) in [7, 11) is 1.35. The number of aromatic nitrogens is 2. The molecule has 2 heterocycles. The van der Waals surface area contributed by atoms with Crippen LogP contribution in [0.4, 0.5) is 11.8 Å². The van der Waals surface area contributed by atoms with E-state index in [2.05, 4.69) is 19.9 Å². The molecule has 2 aromatic rings. The predicted octanol–water partition coefficient (Wildman–Crippen LogP) is 2.90. The highest BCUT2D eigenvalue weighted by Gasteiger charge is 2.23. The lowest BCUT2D eigenvalue weighted by Crippen LogP contribution is -2.38. The fourth-order valence-corrected chi connectivity index (χ4v) is 3.49. The van der Waals surface area contributed by atoms with Crippen molar-refractivity contribution < 1.29 is 19.1 Å². The van der Waals surface area contributed by atoms with Gasteiger partial charge in [0, 0.05) is 38.4 Å². The fourth-order valence-electron chi connectivity index (χ4n) is 3.49. The Balaban J connectivity index is 1.86. The molecule has 0 saturated carbocycles. The number of esters is 1. The van der Waals surface area contributed by atoms with Crippen molar-refractivity contribution in [3.8, 4) is 0 Å². The smallest absolute Gasteiger partial charge is 0.309 e. The molecule has 3 rings (SSSR count). The second kappa shape index (κ2) is 12.7. The number of carbonyl (C=O) groups excluding carboxylic acids is 2. The summed E-state index contributed by atoms with van der Waals surface area (Å²) in [5.74, 6) is 0.569. The molecular weight excluding hydrogens is 434 g/mol. The lowest BCUT2D eigenvalue weighted by Gasteiger charge is -2.28. The molecule has 0 bridgehead atoms. The highest BCUT2D eigenvalue weighted by molar-refractivity contribution is 5.98. The number of rotatable bonds is 10. The molecule has 1 N–H and O–H groups in total. The minimum Gasteiger partial charge on any atom is -0.469 e. The summed E-state index contributed by atoms with van der Waals surface area (Å²) in [4.78, 5) is 38.1. The van der Waals surface area contributed by atoms with Crippen LogP contribution in [0.15, 0.2) is 48.7 Å². The molecule has 9 heteroatoms. The minimum absolute atomic E-state index is 0.0847. The molecule has 1 aromatic heterocycles. The molecule has 1 fully saturated rings. The van der Waals surface area contributed by atoms with Crippen LogP contribution in [0.2, 0.25) is 0 Å². The quantitative estimate of drug-likeness (QED) is 0.421. The molecule has 0 unspecified atom stereocenters. The molecule has 0 aliphatic carbocycles. The number of anilines is 2. The van der Waals surface area contributed by atoms with Gasteiger partial charge in [0.05, 0.1) is 26.7 Å². The van der Waals surface area contributed by atoms with Crippen LogP contribution in [0.25, 0.3) is 0 Å². The first-order valence-corrected chi connectivity index (χ1v) is 11.5. The third-order valence-corrected chi connectivity index (χ3v) is 5.23. The Kier molecular flexibility index (Phi) is 9.40. The van der Waals surface area contributed by atoms with Gasteiger partial charge in [0.25, 0.3) is 5.91 Å². The number of benzene rings is 1. The number of hydrogen-bond donors (Lipinski definition) is 1. The zero-order chi connectivity index (χ0) is 24.3. The number of nitrogens with zero attached hydrogens (tertiary/aromatic N) is 4. The van der Waals surface area contributed by atoms with Crippen LogP contribution in [0.3, 0.4) is 0 Å². The van der Waals surface area contributed by atoms with Crippen LogP contribution in [0.5, 0.6) is 0 Å². The molecule has 1 aliphatic rings. The first-order valence-electron chi connectivity index (χ1n) is 11.5. The molecule has 1 aliphatic heterocycles. The molecule has 1 amide bonds. The maximum atomic E-state index is 13.7. The van der Waals surface area contributed by atoms with Gasteiger partial charge >= 0.3 is 5.97 Å². The molecule has 1 aromatic carbocycles. The van der Waals surface area contributed by atoms with E-state index < -0.39 is 0 Å². The van der Waals surface area contributed by atoms with E-state index in [0.717, 1.165) is 5.56 Å². The Morgan fingerprint density at radius 1 is 1.21 bits per heavy atom. The molecule has 9 nitrogen and oxygen atoms in total. The van der Waals surface area contributed by atoms with Crippen molar-refractivity contribution in [2.24, 2.45) is 0 Å². The number of methoxy groups -OCH3 is 1. The van der Waals surface area contributed by atoms with Crippen LogP contribution in [0, 0.1) is 0 Å². The summed E-state index contributed by atoms with van der Waals surface area (Å²) in [6, 6.07) is 9.86. The van der Waals surface area contributed by atoms with Gasteiger partial charge in [-0.1, -0.05) is 42.5 Å². The van der Waals surface area contributed by atoms with Gasteiger partial charge in [-0.3, -0.25) is 9.59 Å². The maximum Gasteiger partial charge on any atom is 0.309 e. The van der Waals surface area contributed by atoms with E-state index in [-0.39, 0.29) is 24.3 Å². The van der Waals surface area contributed by atoms with Crippen LogP contribution < -0.4 is 10.2 Å². The van der Waals surface area contributed by atoms with Gasteiger partial charge < -0.3 is 24.6 Å².